The molecule has 0 amide bonds. The van der Waals surface area contributed by atoms with E-state index >= 15 is 0 Å². The highest BCUT2D eigenvalue weighted by Crippen LogP contribution is 2.18. The molecule has 0 saturated carbocycles. The number of nitrogens with one attached hydrogen (secondary N) is 1. The predicted molar refractivity (Wildman–Crippen MR) is 84.6 cm³/mol. The Kier molecular flexibility index (Phi) is 5.58. The molecule has 0 fully saturated rings. The molecule has 0 spiro atoms. The summed E-state index contributed by atoms with van der Waals surface area (Å²) in [5, 5.41) is 17.8. The predicted octanol–water partition coefficient (Wildman–Crippen LogP) is 3.76. The minimum atomic E-state index is -0.470. The first-order valence-corrected chi connectivity index (χ1v) is 8.06. The van der Waals surface area contributed by atoms with Crippen molar-refractivity contribution in [1.82, 2.24) is 5.32 Å². The van der Waals surface area contributed by atoms with Crippen molar-refractivity contribution in [3.8, 4) is 0 Å². The van der Waals surface area contributed by atoms with E-state index in [0.29, 0.717) is 12.6 Å². The Balaban J connectivity index is 1.81. The number of thiophene rings is 1. The normalized spacial score (nSPS) is 14.3. The van der Waals surface area contributed by atoms with Gasteiger partial charge in [0.1, 0.15) is 0 Å². The van der Waals surface area contributed by atoms with Crippen molar-refractivity contribution < 1.29 is 5.11 Å². The van der Waals surface area contributed by atoms with Crippen molar-refractivity contribution in [3.05, 3.63) is 56.7 Å². The van der Waals surface area contributed by atoms with Crippen LogP contribution >= 0.6 is 27.3 Å². The fourth-order valence-corrected chi connectivity index (χ4v) is 3.08. The summed E-state index contributed by atoms with van der Waals surface area (Å²) in [4.78, 5) is 0. The third-order valence-electron chi connectivity index (χ3n) is 3.02. The number of rotatable bonds is 6. The topological polar surface area (TPSA) is 32.3 Å². The van der Waals surface area contributed by atoms with Crippen LogP contribution in [0.1, 0.15) is 24.2 Å². The second-order valence-electron chi connectivity index (χ2n) is 4.72. The number of hydrogen-bond donors (Lipinski definition) is 2. The molecule has 2 aromatic rings. The summed E-state index contributed by atoms with van der Waals surface area (Å²) in [6.07, 6.45) is 0.525. The zero-order valence-corrected chi connectivity index (χ0v) is 13.2. The van der Waals surface area contributed by atoms with Gasteiger partial charge in [0, 0.05) is 17.1 Å². The Hall–Kier alpha value is -0.680. The summed E-state index contributed by atoms with van der Waals surface area (Å²) in [6, 6.07) is 10.3. The lowest BCUT2D eigenvalue weighted by atomic mass is 10.1. The quantitative estimate of drug-likeness (QED) is 0.839. The highest BCUT2D eigenvalue weighted by molar-refractivity contribution is 9.10. The van der Waals surface area contributed by atoms with Crippen molar-refractivity contribution in [2.24, 2.45) is 0 Å². The highest BCUT2D eigenvalue weighted by atomic mass is 79.9. The molecule has 1 aromatic heterocycles. The molecule has 2 unspecified atom stereocenters. The number of aliphatic hydroxyl groups excluding tert-OH is 1. The third kappa shape index (κ3) is 4.73. The molecule has 102 valence electrons. The zero-order valence-electron chi connectivity index (χ0n) is 10.8. The van der Waals surface area contributed by atoms with Gasteiger partial charge in [-0.1, -0.05) is 28.1 Å². The molecular weight excluding hydrogens is 322 g/mol. The molecule has 0 saturated heterocycles. The molecule has 2 atom stereocenters. The highest BCUT2D eigenvalue weighted by Gasteiger charge is 2.10. The summed E-state index contributed by atoms with van der Waals surface area (Å²) in [5.74, 6) is 0. The molecule has 1 heterocycles. The molecule has 2 nitrogen and oxygen atoms in total. The van der Waals surface area contributed by atoms with E-state index in [9.17, 15) is 5.11 Å². The SMILES string of the molecule is CC(Cc1ccsc1)NCC(O)c1cccc(Br)c1. The van der Waals surface area contributed by atoms with Gasteiger partial charge in [0.2, 0.25) is 0 Å². The van der Waals surface area contributed by atoms with E-state index in [1.807, 2.05) is 24.3 Å². The van der Waals surface area contributed by atoms with Gasteiger partial charge in [0.25, 0.3) is 0 Å². The number of halogens is 1. The Morgan fingerprint density at radius 2 is 2.21 bits per heavy atom. The van der Waals surface area contributed by atoms with E-state index in [1.165, 1.54) is 5.56 Å². The van der Waals surface area contributed by atoms with Crippen molar-refractivity contribution in [1.29, 1.82) is 0 Å². The maximum atomic E-state index is 10.1. The van der Waals surface area contributed by atoms with Crippen molar-refractivity contribution in [3.63, 3.8) is 0 Å². The summed E-state index contributed by atoms with van der Waals surface area (Å²) in [5.41, 5.74) is 2.28. The largest absolute Gasteiger partial charge is 0.387 e. The van der Waals surface area contributed by atoms with Crippen LogP contribution in [0.3, 0.4) is 0 Å². The number of benzene rings is 1. The monoisotopic (exact) mass is 339 g/mol. The Bertz CT molecular complexity index is 501. The lowest BCUT2D eigenvalue weighted by Crippen LogP contribution is -2.31. The lowest BCUT2D eigenvalue weighted by molar-refractivity contribution is 0.170. The van der Waals surface area contributed by atoms with Gasteiger partial charge in [-0.15, -0.1) is 0 Å². The van der Waals surface area contributed by atoms with Gasteiger partial charge in [0.05, 0.1) is 6.10 Å². The van der Waals surface area contributed by atoms with Gasteiger partial charge >= 0.3 is 0 Å². The zero-order chi connectivity index (χ0) is 13.7. The maximum absolute atomic E-state index is 10.1. The summed E-state index contributed by atoms with van der Waals surface area (Å²) >= 11 is 5.14. The van der Waals surface area contributed by atoms with Crippen LogP contribution < -0.4 is 5.32 Å². The standard InChI is InChI=1S/C15H18BrNOS/c1-11(7-12-5-6-19-10-12)17-9-15(18)13-3-2-4-14(16)8-13/h2-6,8,10-11,15,17-18H,7,9H2,1H3. The van der Waals surface area contributed by atoms with E-state index in [4.69, 9.17) is 0 Å². The second kappa shape index (κ2) is 7.20. The third-order valence-corrected chi connectivity index (χ3v) is 4.24. The van der Waals surface area contributed by atoms with Crippen LogP contribution in [0, 0.1) is 0 Å². The summed E-state index contributed by atoms with van der Waals surface area (Å²) in [6.45, 7) is 2.72. The molecule has 0 radical (unpaired) electrons. The molecule has 4 heteroatoms. The Labute approximate surface area is 126 Å². The molecular formula is C15H18BrNOS. The van der Waals surface area contributed by atoms with Gasteiger partial charge in [-0.05, 0) is 53.4 Å². The van der Waals surface area contributed by atoms with Crippen molar-refractivity contribution in [2.75, 3.05) is 6.54 Å². The van der Waals surface area contributed by atoms with Crippen LogP contribution in [0.25, 0.3) is 0 Å². The molecule has 19 heavy (non-hydrogen) atoms. The second-order valence-corrected chi connectivity index (χ2v) is 6.41. The van der Waals surface area contributed by atoms with E-state index in [2.05, 4.69) is 45.0 Å². The maximum Gasteiger partial charge on any atom is 0.0914 e. The van der Waals surface area contributed by atoms with Crippen molar-refractivity contribution >= 4 is 27.3 Å². The van der Waals surface area contributed by atoms with Gasteiger partial charge in [-0.3, -0.25) is 0 Å². The number of hydrogen-bond acceptors (Lipinski definition) is 3. The van der Waals surface area contributed by atoms with Crippen molar-refractivity contribution in [2.45, 2.75) is 25.5 Å². The summed E-state index contributed by atoms with van der Waals surface area (Å²) < 4.78 is 0.996. The molecule has 0 bridgehead atoms. The van der Waals surface area contributed by atoms with Crippen LogP contribution in [0.4, 0.5) is 0 Å². The Morgan fingerprint density at radius 1 is 1.37 bits per heavy atom. The molecule has 0 aliphatic carbocycles. The minimum Gasteiger partial charge on any atom is -0.387 e. The fraction of sp³-hybridized carbons (Fsp3) is 0.333. The molecule has 2 rings (SSSR count). The first-order valence-electron chi connectivity index (χ1n) is 6.33. The lowest BCUT2D eigenvalue weighted by Gasteiger charge is -2.17. The molecule has 1 aromatic carbocycles. The molecule has 0 aliphatic heterocycles. The van der Waals surface area contributed by atoms with Gasteiger partial charge < -0.3 is 10.4 Å². The van der Waals surface area contributed by atoms with E-state index < -0.39 is 6.10 Å². The number of aliphatic hydroxyl groups is 1. The smallest absolute Gasteiger partial charge is 0.0914 e. The Morgan fingerprint density at radius 3 is 2.89 bits per heavy atom. The van der Waals surface area contributed by atoms with Crippen LogP contribution in [-0.2, 0) is 6.42 Å². The van der Waals surface area contributed by atoms with E-state index in [0.717, 1.165) is 16.5 Å². The first kappa shape index (κ1) is 14.7. The minimum absolute atomic E-state index is 0.358. The van der Waals surface area contributed by atoms with Gasteiger partial charge in [0.15, 0.2) is 0 Å². The van der Waals surface area contributed by atoms with Crippen LogP contribution in [0.5, 0.6) is 0 Å². The average Bonchev–Trinajstić information content (AvgIpc) is 2.88. The van der Waals surface area contributed by atoms with Gasteiger partial charge in [-0.25, -0.2) is 0 Å². The molecule has 0 aliphatic rings. The fourth-order valence-electron chi connectivity index (χ4n) is 1.98. The molecule has 2 N–H and O–H groups in total. The van der Waals surface area contributed by atoms with E-state index in [-0.39, 0.29) is 0 Å². The van der Waals surface area contributed by atoms with E-state index in [1.54, 1.807) is 11.3 Å². The van der Waals surface area contributed by atoms with Crippen LogP contribution in [-0.4, -0.2) is 17.7 Å². The first-order chi connectivity index (χ1) is 9.15. The average molecular weight is 340 g/mol. The summed E-state index contributed by atoms with van der Waals surface area (Å²) in [7, 11) is 0. The van der Waals surface area contributed by atoms with Crippen LogP contribution in [0.2, 0.25) is 0 Å². The van der Waals surface area contributed by atoms with Gasteiger partial charge in [-0.2, -0.15) is 11.3 Å². The van der Waals surface area contributed by atoms with Crippen LogP contribution in [0.15, 0.2) is 45.6 Å².